The monoisotopic (exact) mass is 329 g/mol. The van der Waals surface area contributed by atoms with Crippen LogP contribution in [0.2, 0.25) is 0 Å². The van der Waals surface area contributed by atoms with E-state index >= 15 is 0 Å². The highest BCUT2D eigenvalue weighted by Gasteiger charge is 2.66. The summed E-state index contributed by atoms with van der Waals surface area (Å²) in [7, 11) is 0. The van der Waals surface area contributed by atoms with E-state index in [0.717, 1.165) is 4.57 Å². The third kappa shape index (κ3) is 1.28. The first kappa shape index (κ1) is 14.0. The molecule has 1 aromatic carbocycles. The lowest BCUT2D eigenvalue weighted by atomic mass is 9.59. The number of rotatable bonds is 1. The van der Waals surface area contributed by atoms with Gasteiger partial charge in [-0.25, -0.2) is 23.5 Å². The molecule has 0 unspecified atom stereocenters. The highest BCUT2D eigenvalue weighted by molar-refractivity contribution is 5.42. The summed E-state index contributed by atoms with van der Waals surface area (Å²) in [5.41, 5.74) is -1.48. The Hall–Kier alpha value is -2.42. The minimum Gasteiger partial charge on any atom is -0.389 e. The van der Waals surface area contributed by atoms with Crippen molar-refractivity contribution in [1.29, 1.82) is 0 Å². The molecule has 3 heterocycles. The van der Waals surface area contributed by atoms with Crippen molar-refractivity contribution in [3.8, 4) is 5.69 Å². The van der Waals surface area contributed by atoms with Crippen LogP contribution in [0, 0.1) is 0 Å². The summed E-state index contributed by atoms with van der Waals surface area (Å²) in [6, 6.07) is 7.63. The van der Waals surface area contributed by atoms with Crippen molar-refractivity contribution in [2.75, 3.05) is 0 Å². The third-order valence-electron chi connectivity index (χ3n) is 5.53. The van der Waals surface area contributed by atoms with Crippen LogP contribution in [0.4, 0.5) is 0 Å². The van der Waals surface area contributed by atoms with Crippen LogP contribution in [0.1, 0.15) is 12.5 Å². The van der Waals surface area contributed by atoms with E-state index in [4.69, 9.17) is 0 Å². The van der Waals surface area contributed by atoms with Gasteiger partial charge >= 0.3 is 11.4 Å². The Balaban J connectivity index is 1.86. The van der Waals surface area contributed by atoms with Crippen molar-refractivity contribution >= 4 is 0 Å². The maximum Gasteiger partial charge on any atom is 0.352 e. The Morgan fingerprint density at radius 1 is 1.04 bits per heavy atom. The van der Waals surface area contributed by atoms with E-state index in [1.54, 1.807) is 36.4 Å². The predicted molar refractivity (Wildman–Crippen MR) is 82.0 cm³/mol. The van der Waals surface area contributed by atoms with E-state index in [1.807, 2.05) is 0 Å². The molecular formula is C16H15N3O5. The minimum absolute atomic E-state index is 0.0852. The summed E-state index contributed by atoms with van der Waals surface area (Å²) in [5, 5.41) is 30.9. The standard InChI is InChI=1S/C16H15N3O5/c20-11-7-16-9(11)6-10(12(21)13(16)22)18-14(23)17(15(24)19(16)18)8-4-2-1-3-5-8/h1-6,10-13,20-22H,7H2/t10-,11+,12-,13-,16+/m0/s1. The van der Waals surface area contributed by atoms with Crippen LogP contribution in [0.15, 0.2) is 51.6 Å². The summed E-state index contributed by atoms with van der Waals surface area (Å²) < 4.78 is 3.44. The normalized spacial score (nSPS) is 35.9. The lowest BCUT2D eigenvalue weighted by molar-refractivity contribution is -0.155. The highest BCUT2D eigenvalue weighted by Crippen LogP contribution is 2.55. The summed E-state index contributed by atoms with van der Waals surface area (Å²) >= 11 is 0. The molecule has 3 N–H and O–H groups in total. The molecule has 1 aromatic heterocycles. The summed E-state index contributed by atoms with van der Waals surface area (Å²) in [6.45, 7) is 0. The van der Waals surface area contributed by atoms with E-state index in [-0.39, 0.29) is 6.42 Å². The Labute approximate surface area is 135 Å². The van der Waals surface area contributed by atoms with Gasteiger partial charge in [0, 0.05) is 6.42 Å². The topological polar surface area (TPSA) is 110 Å². The molecule has 5 atom stereocenters. The molecule has 8 heteroatoms. The zero-order valence-electron chi connectivity index (χ0n) is 12.5. The van der Waals surface area contributed by atoms with Gasteiger partial charge in [-0.1, -0.05) is 24.3 Å². The molecule has 2 aromatic rings. The van der Waals surface area contributed by atoms with Crippen molar-refractivity contribution in [3.63, 3.8) is 0 Å². The van der Waals surface area contributed by atoms with Gasteiger partial charge in [0.2, 0.25) is 0 Å². The van der Waals surface area contributed by atoms with Gasteiger partial charge in [0.05, 0.1) is 11.8 Å². The van der Waals surface area contributed by atoms with Gasteiger partial charge < -0.3 is 15.3 Å². The number of para-hydroxylation sites is 1. The van der Waals surface area contributed by atoms with E-state index < -0.39 is 41.3 Å². The lowest BCUT2D eigenvalue weighted by Gasteiger charge is -2.59. The molecule has 8 nitrogen and oxygen atoms in total. The van der Waals surface area contributed by atoms with Crippen LogP contribution in [0.25, 0.3) is 5.69 Å². The first-order valence-corrected chi connectivity index (χ1v) is 7.77. The fourth-order valence-corrected chi connectivity index (χ4v) is 4.41. The number of hydrogen-bond donors (Lipinski definition) is 3. The Morgan fingerprint density at radius 3 is 2.42 bits per heavy atom. The molecule has 1 fully saturated rings. The highest BCUT2D eigenvalue weighted by atomic mass is 16.3. The van der Waals surface area contributed by atoms with Gasteiger partial charge in [0.15, 0.2) is 0 Å². The van der Waals surface area contributed by atoms with Crippen molar-refractivity contribution in [2.24, 2.45) is 0 Å². The Kier molecular flexibility index (Phi) is 2.42. The Morgan fingerprint density at radius 2 is 1.75 bits per heavy atom. The van der Waals surface area contributed by atoms with E-state index in [1.165, 1.54) is 9.36 Å². The van der Waals surface area contributed by atoms with Crippen LogP contribution in [0.5, 0.6) is 0 Å². The van der Waals surface area contributed by atoms with Crippen molar-refractivity contribution < 1.29 is 15.3 Å². The average Bonchev–Trinajstić information content (AvgIpc) is 2.84. The van der Waals surface area contributed by atoms with Crippen LogP contribution in [-0.2, 0) is 5.54 Å². The predicted octanol–water partition coefficient (Wildman–Crippen LogP) is -1.52. The van der Waals surface area contributed by atoms with Gasteiger partial charge in [-0.3, -0.25) is 0 Å². The maximum atomic E-state index is 13.0. The number of fused-ring (bicyclic) bond motifs is 1. The zero-order chi connectivity index (χ0) is 16.8. The molecule has 2 bridgehead atoms. The fourth-order valence-electron chi connectivity index (χ4n) is 4.41. The summed E-state index contributed by atoms with van der Waals surface area (Å²) in [6.07, 6.45) is -1.53. The number of hydrogen-bond acceptors (Lipinski definition) is 5. The second kappa shape index (κ2) is 4.15. The molecule has 1 saturated carbocycles. The number of aliphatic hydroxyl groups is 3. The van der Waals surface area contributed by atoms with E-state index in [2.05, 4.69) is 0 Å². The Bertz CT molecular complexity index is 1000. The van der Waals surface area contributed by atoms with Gasteiger partial charge in [-0.05, 0) is 17.7 Å². The maximum absolute atomic E-state index is 13.0. The van der Waals surface area contributed by atoms with Crippen LogP contribution >= 0.6 is 0 Å². The molecule has 0 radical (unpaired) electrons. The molecular weight excluding hydrogens is 314 g/mol. The first-order chi connectivity index (χ1) is 11.5. The summed E-state index contributed by atoms with van der Waals surface area (Å²) in [5.74, 6) is 0. The van der Waals surface area contributed by atoms with Gasteiger partial charge in [0.25, 0.3) is 0 Å². The molecule has 24 heavy (non-hydrogen) atoms. The third-order valence-corrected chi connectivity index (χ3v) is 5.53. The fraction of sp³-hybridized carbons (Fsp3) is 0.375. The molecule has 0 saturated heterocycles. The van der Waals surface area contributed by atoms with E-state index in [9.17, 15) is 24.9 Å². The van der Waals surface area contributed by atoms with Gasteiger partial charge in [0.1, 0.15) is 23.8 Å². The molecule has 2 aliphatic heterocycles. The number of benzene rings is 1. The first-order valence-electron chi connectivity index (χ1n) is 7.77. The SMILES string of the molecule is O=c1n(-c2ccccc2)c(=O)n2n1[C@H]1C=C3[C@H](O)C[C@]32[C@@H](O)[C@H]1O. The van der Waals surface area contributed by atoms with Crippen LogP contribution in [0.3, 0.4) is 0 Å². The van der Waals surface area contributed by atoms with Gasteiger partial charge in [-0.2, -0.15) is 0 Å². The zero-order valence-corrected chi connectivity index (χ0v) is 12.5. The second-order valence-corrected chi connectivity index (χ2v) is 6.58. The second-order valence-electron chi connectivity index (χ2n) is 6.58. The number of aliphatic hydroxyl groups excluding tert-OH is 3. The molecule has 124 valence electrons. The molecule has 1 spiro atoms. The molecule has 2 aliphatic carbocycles. The van der Waals surface area contributed by atoms with Crippen molar-refractivity contribution in [2.45, 2.75) is 36.3 Å². The van der Waals surface area contributed by atoms with Crippen LogP contribution in [-0.4, -0.2) is 47.6 Å². The molecule has 0 amide bonds. The summed E-state index contributed by atoms with van der Waals surface area (Å²) in [4.78, 5) is 25.8. The van der Waals surface area contributed by atoms with Crippen molar-refractivity contribution in [1.82, 2.24) is 13.9 Å². The number of nitrogens with zero attached hydrogens (tertiary/aromatic N) is 3. The number of aromatic nitrogens is 3. The largest absolute Gasteiger partial charge is 0.389 e. The van der Waals surface area contributed by atoms with Crippen molar-refractivity contribution in [3.05, 3.63) is 62.9 Å². The molecule has 4 aliphatic rings. The lowest BCUT2D eigenvalue weighted by Crippen LogP contribution is -2.73. The average molecular weight is 329 g/mol. The minimum atomic E-state index is -1.25. The van der Waals surface area contributed by atoms with Gasteiger partial charge in [-0.15, -0.1) is 0 Å². The smallest absolute Gasteiger partial charge is 0.352 e. The molecule has 6 rings (SSSR count). The van der Waals surface area contributed by atoms with E-state index in [0.29, 0.717) is 11.3 Å². The van der Waals surface area contributed by atoms with Crippen LogP contribution < -0.4 is 11.4 Å². The quantitative estimate of drug-likeness (QED) is 0.550.